The Morgan fingerprint density at radius 3 is 1.88 bits per heavy atom. The first-order valence-electron chi connectivity index (χ1n) is 5.17. The predicted molar refractivity (Wildman–Crippen MR) is 66.3 cm³/mol. The van der Waals surface area contributed by atoms with Crippen molar-refractivity contribution in [3.8, 4) is 0 Å². The fourth-order valence-corrected chi connectivity index (χ4v) is 0.710. The van der Waals surface area contributed by atoms with Crippen LogP contribution >= 0.6 is 0 Å². The molecule has 0 atom stereocenters. The van der Waals surface area contributed by atoms with Gasteiger partial charge in [0.05, 0.1) is 6.67 Å². The number of carbonyl (C=O) groups excluding carboxylic acids is 2. The Balaban J connectivity index is -0.000000206. The Morgan fingerprint density at radius 1 is 1.19 bits per heavy atom. The standard InChI is InChI=1S/C8H8O.C2H5F.C2H6.CH2O/c9-7-6-8-4-2-1-3-5-8;1-2-3;2*1-2/h1-5,7H,6H2;2H2,1H3;1-2H3;1H2. The van der Waals surface area contributed by atoms with Gasteiger partial charge in [0.1, 0.15) is 13.1 Å². The van der Waals surface area contributed by atoms with E-state index in [4.69, 9.17) is 4.79 Å². The zero-order valence-electron chi connectivity index (χ0n) is 10.3. The average Bonchev–Trinajstić information content (AvgIpc) is 2.37. The van der Waals surface area contributed by atoms with E-state index >= 15 is 0 Å². The molecule has 0 spiro atoms. The van der Waals surface area contributed by atoms with Crippen LogP contribution in [0.5, 0.6) is 0 Å². The molecule has 1 aromatic carbocycles. The van der Waals surface area contributed by atoms with Crippen molar-refractivity contribution < 1.29 is 14.0 Å². The first kappa shape index (κ1) is 20.0. The van der Waals surface area contributed by atoms with Gasteiger partial charge in [-0.25, -0.2) is 0 Å². The van der Waals surface area contributed by atoms with E-state index in [1.807, 2.05) is 51.0 Å². The van der Waals surface area contributed by atoms with Crippen molar-refractivity contribution in [2.75, 3.05) is 6.67 Å². The molecule has 16 heavy (non-hydrogen) atoms. The van der Waals surface area contributed by atoms with E-state index in [2.05, 4.69) is 0 Å². The molecule has 3 heteroatoms. The SMILES string of the molecule is C=O.CC.CCF.O=CCc1ccccc1. The summed E-state index contributed by atoms with van der Waals surface area (Å²) in [7, 11) is 0. The highest BCUT2D eigenvalue weighted by Crippen LogP contribution is 1.96. The molecule has 1 aromatic rings. The van der Waals surface area contributed by atoms with Gasteiger partial charge in [0.15, 0.2) is 0 Å². The van der Waals surface area contributed by atoms with Crippen LogP contribution in [0.1, 0.15) is 26.3 Å². The fourth-order valence-electron chi connectivity index (χ4n) is 0.710. The van der Waals surface area contributed by atoms with E-state index in [-0.39, 0.29) is 6.67 Å². The maximum Gasteiger partial charge on any atom is 0.124 e. The maximum absolute atomic E-state index is 10.3. The smallest absolute Gasteiger partial charge is 0.124 e. The third kappa shape index (κ3) is 18.3. The van der Waals surface area contributed by atoms with E-state index in [0.29, 0.717) is 6.42 Å². The second-order valence-electron chi connectivity index (χ2n) is 2.12. The number of hydrogen-bond donors (Lipinski definition) is 0. The zero-order valence-corrected chi connectivity index (χ0v) is 10.3. The molecule has 0 saturated heterocycles. The van der Waals surface area contributed by atoms with Gasteiger partial charge in [0.25, 0.3) is 0 Å². The Hall–Kier alpha value is -1.51. The molecule has 0 radical (unpaired) electrons. The predicted octanol–water partition coefficient (Wildman–Crippen LogP) is 3.25. The van der Waals surface area contributed by atoms with E-state index in [1.54, 1.807) is 0 Å². The number of hydrogen-bond acceptors (Lipinski definition) is 2. The molecule has 2 nitrogen and oxygen atoms in total. The van der Waals surface area contributed by atoms with Gasteiger partial charge in [0.2, 0.25) is 0 Å². The minimum absolute atomic E-state index is 0.250. The fraction of sp³-hybridized carbons (Fsp3) is 0.385. The first-order chi connectivity index (χ1) is 7.85. The molecule has 0 saturated carbocycles. The highest BCUT2D eigenvalue weighted by Gasteiger charge is 1.84. The van der Waals surface area contributed by atoms with Crippen LogP contribution < -0.4 is 0 Å². The van der Waals surface area contributed by atoms with Crippen molar-refractivity contribution in [2.24, 2.45) is 0 Å². The highest BCUT2D eigenvalue weighted by atomic mass is 19.1. The van der Waals surface area contributed by atoms with E-state index < -0.39 is 0 Å². The lowest BCUT2D eigenvalue weighted by atomic mass is 10.2. The minimum atomic E-state index is -0.250. The van der Waals surface area contributed by atoms with Crippen molar-refractivity contribution in [3.05, 3.63) is 35.9 Å². The van der Waals surface area contributed by atoms with Crippen molar-refractivity contribution in [3.63, 3.8) is 0 Å². The van der Waals surface area contributed by atoms with Crippen LogP contribution in [0.3, 0.4) is 0 Å². The third-order valence-corrected chi connectivity index (χ3v) is 1.16. The third-order valence-electron chi connectivity index (χ3n) is 1.16. The van der Waals surface area contributed by atoms with Crippen LogP contribution in [0.4, 0.5) is 4.39 Å². The summed E-state index contributed by atoms with van der Waals surface area (Å²) in [6.45, 7) is 7.21. The summed E-state index contributed by atoms with van der Waals surface area (Å²) in [5.41, 5.74) is 1.08. The summed E-state index contributed by atoms with van der Waals surface area (Å²) >= 11 is 0. The summed E-state index contributed by atoms with van der Waals surface area (Å²) in [6, 6.07) is 9.68. The van der Waals surface area contributed by atoms with Crippen LogP contribution in [-0.4, -0.2) is 19.7 Å². The average molecular weight is 228 g/mol. The number of aldehydes is 1. The number of benzene rings is 1. The minimum Gasteiger partial charge on any atom is -0.307 e. The van der Waals surface area contributed by atoms with Gasteiger partial charge >= 0.3 is 0 Å². The van der Waals surface area contributed by atoms with Gasteiger partial charge in [-0.2, -0.15) is 0 Å². The molecule has 1 rings (SSSR count). The van der Waals surface area contributed by atoms with Crippen LogP contribution in [-0.2, 0) is 16.0 Å². The summed E-state index contributed by atoms with van der Waals surface area (Å²) < 4.78 is 10.3. The van der Waals surface area contributed by atoms with Gasteiger partial charge in [-0.1, -0.05) is 44.2 Å². The largest absolute Gasteiger partial charge is 0.307 e. The Labute approximate surface area is 97.5 Å². The lowest BCUT2D eigenvalue weighted by Gasteiger charge is -1.89. The van der Waals surface area contributed by atoms with Crippen LogP contribution in [0, 0.1) is 0 Å². The molecular formula is C13H21FO2. The molecule has 0 fully saturated rings. The van der Waals surface area contributed by atoms with Crippen molar-refractivity contribution in [1.82, 2.24) is 0 Å². The Kier molecular flexibility index (Phi) is 29.2. The molecular weight excluding hydrogens is 207 g/mol. The molecule has 0 aliphatic carbocycles. The van der Waals surface area contributed by atoms with Gasteiger partial charge < -0.3 is 9.59 Å². The second kappa shape index (κ2) is 23.4. The molecule has 0 aliphatic heterocycles. The second-order valence-corrected chi connectivity index (χ2v) is 2.12. The Morgan fingerprint density at radius 2 is 1.56 bits per heavy atom. The molecule has 0 amide bonds. The number of rotatable bonds is 2. The molecule has 0 bridgehead atoms. The normalized spacial score (nSPS) is 6.75. The highest BCUT2D eigenvalue weighted by molar-refractivity contribution is 5.54. The first-order valence-corrected chi connectivity index (χ1v) is 5.17. The lowest BCUT2D eigenvalue weighted by Crippen LogP contribution is -1.82. The van der Waals surface area contributed by atoms with Crippen LogP contribution in [0.2, 0.25) is 0 Å². The van der Waals surface area contributed by atoms with Crippen molar-refractivity contribution in [1.29, 1.82) is 0 Å². The van der Waals surface area contributed by atoms with Crippen LogP contribution in [0.15, 0.2) is 30.3 Å². The molecule has 0 heterocycles. The summed E-state index contributed by atoms with van der Waals surface area (Å²) in [6.07, 6.45) is 1.44. The summed E-state index contributed by atoms with van der Waals surface area (Å²) in [4.78, 5) is 18.0. The number of halogens is 1. The monoisotopic (exact) mass is 228 g/mol. The van der Waals surface area contributed by atoms with Gasteiger partial charge in [-0.15, -0.1) is 0 Å². The van der Waals surface area contributed by atoms with Crippen LogP contribution in [0.25, 0.3) is 0 Å². The van der Waals surface area contributed by atoms with E-state index in [9.17, 15) is 9.18 Å². The number of alkyl halides is 1. The molecule has 0 N–H and O–H groups in total. The maximum atomic E-state index is 10.3. The van der Waals surface area contributed by atoms with Crippen molar-refractivity contribution >= 4 is 13.1 Å². The summed E-state index contributed by atoms with van der Waals surface area (Å²) in [5.74, 6) is 0. The summed E-state index contributed by atoms with van der Waals surface area (Å²) in [5, 5.41) is 0. The molecule has 0 aliphatic rings. The van der Waals surface area contributed by atoms with Gasteiger partial charge in [-0.05, 0) is 12.5 Å². The van der Waals surface area contributed by atoms with Gasteiger partial charge in [0, 0.05) is 6.42 Å². The molecule has 92 valence electrons. The van der Waals surface area contributed by atoms with Gasteiger partial charge in [-0.3, -0.25) is 4.39 Å². The quantitative estimate of drug-likeness (QED) is 0.728. The molecule has 0 aromatic heterocycles. The lowest BCUT2D eigenvalue weighted by molar-refractivity contribution is -0.107. The zero-order chi connectivity index (χ0) is 13.2. The number of carbonyl (C=O) groups is 2. The Bertz CT molecular complexity index is 212. The van der Waals surface area contributed by atoms with E-state index in [1.165, 1.54) is 6.92 Å². The molecule has 0 unspecified atom stereocenters. The van der Waals surface area contributed by atoms with Crippen molar-refractivity contribution in [2.45, 2.75) is 27.2 Å². The van der Waals surface area contributed by atoms with E-state index in [0.717, 1.165) is 11.8 Å². The topological polar surface area (TPSA) is 34.1 Å².